The van der Waals surface area contributed by atoms with E-state index in [-0.39, 0.29) is 5.91 Å². The lowest BCUT2D eigenvalue weighted by atomic mass is 10.0. The highest BCUT2D eigenvalue weighted by Gasteiger charge is 2.33. The number of hydrogen-bond acceptors (Lipinski definition) is 4. The zero-order chi connectivity index (χ0) is 24.3. The van der Waals surface area contributed by atoms with E-state index < -0.39 is 0 Å². The number of carbonyl (C=O) groups excluding carboxylic acids is 1. The summed E-state index contributed by atoms with van der Waals surface area (Å²) in [4.78, 5) is 20.2. The zero-order valence-electron chi connectivity index (χ0n) is 20.4. The monoisotopic (exact) mass is 477 g/mol. The first-order valence-corrected chi connectivity index (χ1v) is 12.9. The summed E-state index contributed by atoms with van der Waals surface area (Å²) in [6.07, 6.45) is 5.71. The molecule has 1 aliphatic heterocycles. The number of rotatable bonds is 7. The third kappa shape index (κ3) is 4.69. The fourth-order valence-corrected chi connectivity index (χ4v) is 5.62. The van der Waals surface area contributed by atoms with E-state index in [2.05, 4.69) is 68.4 Å². The molecule has 36 heavy (non-hydrogen) atoms. The third-order valence-corrected chi connectivity index (χ3v) is 7.54. The molecule has 0 radical (unpaired) electrons. The number of hydrogen-bond donors (Lipinski definition) is 1. The lowest BCUT2D eigenvalue weighted by molar-refractivity contribution is 0.0941. The molecule has 1 N–H and O–H groups in total. The van der Waals surface area contributed by atoms with Crippen molar-refractivity contribution in [2.24, 2.45) is 0 Å². The van der Waals surface area contributed by atoms with Crippen LogP contribution in [0, 0.1) is 0 Å². The SMILES string of the molecule is O=C(NCc1ccccn1)c1nn(CCc2ccccc2)c2c1CN(C1Cc3ccccc3C1)CC2. The predicted molar refractivity (Wildman–Crippen MR) is 140 cm³/mol. The van der Waals surface area contributed by atoms with Gasteiger partial charge in [0.25, 0.3) is 5.91 Å². The molecule has 3 heterocycles. The van der Waals surface area contributed by atoms with E-state index >= 15 is 0 Å². The molecule has 0 saturated carbocycles. The van der Waals surface area contributed by atoms with Gasteiger partial charge in [0, 0.05) is 49.6 Å². The minimum Gasteiger partial charge on any atom is -0.345 e. The lowest BCUT2D eigenvalue weighted by Crippen LogP contribution is -2.40. The lowest BCUT2D eigenvalue weighted by Gasteiger charge is -2.32. The Morgan fingerprint density at radius 2 is 1.69 bits per heavy atom. The van der Waals surface area contributed by atoms with Gasteiger partial charge in [0.1, 0.15) is 0 Å². The minimum atomic E-state index is -0.119. The smallest absolute Gasteiger partial charge is 0.272 e. The van der Waals surface area contributed by atoms with Crippen LogP contribution in [0.1, 0.15) is 44.1 Å². The standard InChI is InChI=1S/C30H31N5O/c36-30(32-20-25-12-6-7-15-31-25)29-27-21-34(26-18-23-10-4-5-11-24(23)19-26)16-14-28(27)35(33-29)17-13-22-8-2-1-3-9-22/h1-12,15,26H,13-14,16-21H2,(H,32,36). The molecule has 6 heteroatoms. The van der Waals surface area contributed by atoms with E-state index in [1.807, 2.05) is 24.3 Å². The molecule has 0 fully saturated rings. The molecule has 4 aromatic rings. The number of benzene rings is 2. The van der Waals surface area contributed by atoms with Gasteiger partial charge in [-0.3, -0.25) is 19.4 Å². The Morgan fingerprint density at radius 3 is 2.44 bits per heavy atom. The van der Waals surface area contributed by atoms with E-state index in [4.69, 9.17) is 5.10 Å². The normalized spacial score (nSPS) is 15.4. The summed E-state index contributed by atoms with van der Waals surface area (Å²) in [5.41, 5.74) is 7.90. The first kappa shape index (κ1) is 22.7. The number of aryl methyl sites for hydroxylation is 2. The van der Waals surface area contributed by atoms with Crippen molar-refractivity contribution in [3.05, 3.63) is 118 Å². The van der Waals surface area contributed by atoms with Crippen molar-refractivity contribution in [3.8, 4) is 0 Å². The molecule has 6 nitrogen and oxygen atoms in total. The number of nitrogens with one attached hydrogen (secondary N) is 1. The van der Waals surface area contributed by atoms with Crippen molar-refractivity contribution in [3.63, 3.8) is 0 Å². The maximum atomic E-state index is 13.4. The van der Waals surface area contributed by atoms with Gasteiger partial charge in [0.15, 0.2) is 5.69 Å². The molecule has 2 aromatic carbocycles. The van der Waals surface area contributed by atoms with Crippen molar-refractivity contribution in [2.45, 2.75) is 51.4 Å². The number of amides is 1. The van der Waals surface area contributed by atoms with Crippen LogP contribution in [0.25, 0.3) is 0 Å². The molecular formula is C30H31N5O. The van der Waals surface area contributed by atoms with Crippen LogP contribution in [0.2, 0.25) is 0 Å². The molecule has 2 aliphatic rings. The highest BCUT2D eigenvalue weighted by atomic mass is 16.2. The maximum absolute atomic E-state index is 13.4. The highest BCUT2D eigenvalue weighted by molar-refractivity contribution is 5.94. The minimum absolute atomic E-state index is 0.119. The molecule has 2 aromatic heterocycles. The van der Waals surface area contributed by atoms with Gasteiger partial charge in [-0.1, -0.05) is 60.7 Å². The van der Waals surface area contributed by atoms with Crippen LogP contribution >= 0.6 is 0 Å². The van der Waals surface area contributed by atoms with Crippen LogP contribution in [0.3, 0.4) is 0 Å². The van der Waals surface area contributed by atoms with Gasteiger partial charge in [-0.2, -0.15) is 5.10 Å². The Labute approximate surface area is 212 Å². The Hall–Kier alpha value is -3.77. The highest BCUT2D eigenvalue weighted by Crippen LogP contribution is 2.31. The average molecular weight is 478 g/mol. The fraction of sp³-hybridized carbons (Fsp3) is 0.300. The maximum Gasteiger partial charge on any atom is 0.272 e. The van der Waals surface area contributed by atoms with Crippen molar-refractivity contribution in [1.29, 1.82) is 0 Å². The molecule has 0 bridgehead atoms. The summed E-state index contributed by atoms with van der Waals surface area (Å²) in [7, 11) is 0. The molecule has 0 unspecified atom stereocenters. The summed E-state index contributed by atoms with van der Waals surface area (Å²) in [6, 6.07) is 25.5. The van der Waals surface area contributed by atoms with Gasteiger partial charge in [-0.05, 0) is 48.1 Å². The number of carbonyl (C=O) groups is 1. The molecule has 1 amide bonds. The average Bonchev–Trinajstić information content (AvgIpc) is 3.53. The van der Waals surface area contributed by atoms with Gasteiger partial charge in [0.2, 0.25) is 0 Å². The van der Waals surface area contributed by atoms with E-state index in [9.17, 15) is 4.79 Å². The molecule has 0 atom stereocenters. The number of fused-ring (bicyclic) bond motifs is 2. The van der Waals surface area contributed by atoms with Gasteiger partial charge >= 0.3 is 0 Å². The summed E-state index contributed by atoms with van der Waals surface area (Å²) < 4.78 is 2.08. The molecule has 182 valence electrons. The van der Waals surface area contributed by atoms with Gasteiger partial charge in [-0.15, -0.1) is 0 Å². The molecule has 0 spiro atoms. The Balaban J connectivity index is 1.23. The second kappa shape index (κ2) is 10.1. The van der Waals surface area contributed by atoms with Crippen LogP contribution in [0.4, 0.5) is 0 Å². The topological polar surface area (TPSA) is 63.1 Å². The molecular weight excluding hydrogens is 446 g/mol. The Kier molecular flexibility index (Phi) is 6.35. The van der Waals surface area contributed by atoms with E-state index in [0.29, 0.717) is 18.3 Å². The quantitative estimate of drug-likeness (QED) is 0.437. The van der Waals surface area contributed by atoms with Crippen molar-refractivity contribution < 1.29 is 4.79 Å². The van der Waals surface area contributed by atoms with Crippen LogP contribution < -0.4 is 5.32 Å². The predicted octanol–water partition coefficient (Wildman–Crippen LogP) is 3.98. The van der Waals surface area contributed by atoms with Crippen LogP contribution in [0.15, 0.2) is 79.0 Å². The molecule has 6 rings (SSSR count). The summed E-state index contributed by atoms with van der Waals surface area (Å²) in [5.74, 6) is -0.119. The van der Waals surface area contributed by atoms with Gasteiger partial charge in [0.05, 0.1) is 12.2 Å². The number of nitrogens with zero attached hydrogens (tertiary/aromatic N) is 4. The largest absolute Gasteiger partial charge is 0.345 e. The Bertz CT molecular complexity index is 1320. The van der Waals surface area contributed by atoms with Crippen molar-refractivity contribution in [1.82, 2.24) is 25.0 Å². The van der Waals surface area contributed by atoms with E-state index in [1.54, 1.807) is 6.20 Å². The van der Waals surface area contributed by atoms with Gasteiger partial charge in [-0.25, -0.2) is 0 Å². The second-order valence-corrected chi connectivity index (χ2v) is 9.79. The number of pyridine rings is 1. The third-order valence-electron chi connectivity index (χ3n) is 7.54. The summed E-state index contributed by atoms with van der Waals surface area (Å²) >= 11 is 0. The fourth-order valence-electron chi connectivity index (χ4n) is 5.62. The van der Waals surface area contributed by atoms with Crippen molar-refractivity contribution >= 4 is 5.91 Å². The van der Waals surface area contributed by atoms with E-state index in [1.165, 1.54) is 22.4 Å². The summed E-state index contributed by atoms with van der Waals surface area (Å²) in [5, 5.41) is 7.93. The zero-order valence-corrected chi connectivity index (χ0v) is 20.4. The van der Waals surface area contributed by atoms with E-state index in [0.717, 1.165) is 56.6 Å². The first-order chi connectivity index (χ1) is 17.7. The molecule has 0 saturated heterocycles. The molecule has 1 aliphatic carbocycles. The van der Waals surface area contributed by atoms with Crippen LogP contribution in [-0.4, -0.2) is 38.2 Å². The van der Waals surface area contributed by atoms with Crippen LogP contribution in [-0.2, 0) is 45.3 Å². The number of aromatic nitrogens is 3. The second-order valence-electron chi connectivity index (χ2n) is 9.79. The van der Waals surface area contributed by atoms with Crippen LogP contribution in [0.5, 0.6) is 0 Å². The van der Waals surface area contributed by atoms with Gasteiger partial charge < -0.3 is 5.32 Å². The Morgan fingerprint density at radius 1 is 0.944 bits per heavy atom. The summed E-state index contributed by atoms with van der Waals surface area (Å²) in [6.45, 7) is 2.94. The first-order valence-electron chi connectivity index (χ1n) is 12.9. The van der Waals surface area contributed by atoms with Crippen molar-refractivity contribution in [2.75, 3.05) is 6.54 Å².